The largest absolute Gasteiger partial charge is 0.383 e. The van der Waals surface area contributed by atoms with E-state index in [2.05, 4.69) is 58.2 Å². The fourth-order valence-corrected chi connectivity index (χ4v) is 2.63. The van der Waals surface area contributed by atoms with Crippen molar-refractivity contribution in [2.75, 3.05) is 45.4 Å². The molecule has 4 nitrogen and oxygen atoms in total. The lowest BCUT2D eigenvalue weighted by atomic mass is 10.1. The second-order valence-electron chi connectivity index (χ2n) is 5.22. The minimum atomic E-state index is 0.430. The van der Waals surface area contributed by atoms with E-state index in [1.165, 1.54) is 11.3 Å². The third-order valence-electron chi connectivity index (χ3n) is 3.31. The molecule has 21 heavy (non-hydrogen) atoms. The van der Waals surface area contributed by atoms with Gasteiger partial charge < -0.3 is 19.7 Å². The third-order valence-corrected chi connectivity index (χ3v) is 3.80. The molecule has 0 spiro atoms. The molecule has 0 fully saturated rings. The van der Waals surface area contributed by atoms with Crippen LogP contribution in [0.5, 0.6) is 0 Å². The van der Waals surface area contributed by atoms with Gasteiger partial charge in [-0.3, -0.25) is 0 Å². The van der Waals surface area contributed by atoms with Crippen LogP contribution in [0.15, 0.2) is 22.7 Å². The molecule has 0 bridgehead atoms. The molecule has 0 heterocycles. The van der Waals surface area contributed by atoms with Gasteiger partial charge in [0.25, 0.3) is 0 Å². The zero-order valence-electron chi connectivity index (χ0n) is 13.5. The van der Waals surface area contributed by atoms with Gasteiger partial charge in [-0.15, -0.1) is 0 Å². The van der Waals surface area contributed by atoms with Gasteiger partial charge in [0.2, 0.25) is 0 Å². The Bertz CT molecular complexity index is 413. The fraction of sp³-hybridized carbons (Fsp3) is 0.625. The van der Waals surface area contributed by atoms with Crippen LogP contribution in [0, 0.1) is 0 Å². The molecule has 5 heteroatoms. The average molecular weight is 359 g/mol. The number of rotatable bonds is 10. The quantitative estimate of drug-likeness (QED) is 0.651. The highest BCUT2D eigenvalue weighted by atomic mass is 79.9. The summed E-state index contributed by atoms with van der Waals surface area (Å²) in [6, 6.07) is 6.87. The lowest BCUT2D eigenvalue weighted by Crippen LogP contribution is -2.35. The van der Waals surface area contributed by atoms with Gasteiger partial charge in [-0.05, 0) is 37.6 Å². The highest BCUT2D eigenvalue weighted by Crippen LogP contribution is 2.26. The maximum Gasteiger partial charge on any atom is 0.0637 e. The predicted octanol–water partition coefficient (Wildman–Crippen LogP) is 3.05. The SMILES string of the molecule is COCCNCc1cc(Br)ccc1N(CCOC)C(C)C. The van der Waals surface area contributed by atoms with E-state index in [1.54, 1.807) is 14.2 Å². The number of hydrogen-bond acceptors (Lipinski definition) is 4. The number of benzene rings is 1. The molecule has 0 amide bonds. The molecule has 0 saturated carbocycles. The van der Waals surface area contributed by atoms with E-state index in [0.29, 0.717) is 6.04 Å². The molecule has 1 N–H and O–H groups in total. The van der Waals surface area contributed by atoms with E-state index in [0.717, 1.165) is 37.3 Å². The highest BCUT2D eigenvalue weighted by Gasteiger charge is 2.14. The maximum atomic E-state index is 5.24. The molecule has 0 atom stereocenters. The Morgan fingerprint density at radius 2 is 1.90 bits per heavy atom. The van der Waals surface area contributed by atoms with Crippen molar-refractivity contribution < 1.29 is 9.47 Å². The number of hydrogen-bond donors (Lipinski definition) is 1. The van der Waals surface area contributed by atoms with Crippen LogP contribution >= 0.6 is 15.9 Å². The highest BCUT2D eigenvalue weighted by molar-refractivity contribution is 9.10. The van der Waals surface area contributed by atoms with Crippen molar-refractivity contribution in [1.29, 1.82) is 0 Å². The van der Waals surface area contributed by atoms with Gasteiger partial charge in [-0.25, -0.2) is 0 Å². The number of ether oxygens (including phenoxy) is 2. The lowest BCUT2D eigenvalue weighted by molar-refractivity contribution is 0.199. The van der Waals surface area contributed by atoms with Crippen LogP contribution in [0.25, 0.3) is 0 Å². The van der Waals surface area contributed by atoms with Crippen LogP contribution in [-0.2, 0) is 16.0 Å². The second-order valence-corrected chi connectivity index (χ2v) is 6.14. The molecule has 120 valence electrons. The van der Waals surface area contributed by atoms with Crippen molar-refractivity contribution in [1.82, 2.24) is 5.32 Å². The Kier molecular flexibility index (Phi) is 8.92. The molecule has 0 aliphatic carbocycles. The monoisotopic (exact) mass is 358 g/mol. The topological polar surface area (TPSA) is 33.7 Å². The molecule has 0 saturated heterocycles. The first kappa shape index (κ1) is 18.4. The summed E-state index contributed by atoms with van der Waals surface area (Å²) in [6.45, 7) is 8.43. The van der Waals surface area contributed by atoms with Crippen LogP contribution in [0.2, 0.25) is 0 Å². The van der Waals surface area contributed by atoms with Crippen LogP contribution in [-0.4, -0.2) is 46.6 Å². The van der Waals surface area contributed by atoms with Crippen molar-refractivity contribution in [2.24, 2.45) is 0 Å². The van der Waals surface area contributed by atoms with E-state index in [1.807, 2.05) is 0 Å². The molecular weight excluding hydrogens is 332 g/mol. The molecule has 1 aromatic carbocycles. The summed E-state index contributed by atoms with van der Waals surface area (Å²) >= 11 is 3.56. The van der Waals surface area contributed by atoms with E-state index in [-0.39, 0.29) is 0 Å². The molecule has 0 aromatic heterocycles. The zero-order valence-corrected chi connectivity index (χ0v) is 15.1. The lowest BCUT2D eigenvalue weighted by Gasteiger charge is -2.31. The Hall–Kier alpha value is -0.620. The minimum Gasteiger partial charge on any atom is -0.383 e. The first-order valence-electron chi connectivity index (χ1n) is 7.33. The Morgan fingerprint density at radius 3 is 2.52 bits per heavy atom. The van der Waals surface area contributed by atoms with Gasteiger partial charge in [0, 0.05) is 50.1 Å². The molecule has 1 rings (SSSR count). The molecule has 0 radical (unpaired) electrons. The van der Waals surface area contributed by atoms with E-state index >= 15 is 0 Å². The maximum absolute atomic E-state index is 5.24. The number of nitrogens with zero attached hydrogens (tertiary/aromatic N) is 1. The summed E-state index contributed by atoms with van der Waals surface area (Å²) in [4.78, 5) is 2.38. The number of anilines is 1. The smallest absolute Gasteiger partial charge is 0.0637 e. The van der Waals surface area contributed by atoms with Crippen molar-refractivity contribution in [3.05, 3.63) is 28.2 Å². The minimum absolute atomic E-state index is 0.430. The van der Waals surface area contributed by atoms with Gasteiger partial charge in [0.15, 0.2) is 0 Å². The molecule has 0 aliphatic rings. The van der Waals surface area contributed by atoms with Crippen LogP contribution < -0.4 is 10.2 Å². The Labute approximate surface area is 136 Å². The predicted molar refractivity (Wildman–Crippen MR) is 92.1 cm³/mol. The molecular formula is C16H27BrN2O2. The fourth-order valence-electron chi connectivity index (χ4n) is 2.22. The summed E-state index contributed by atoms with van der Waals surface area (Å²) in [5.41, 5.74) is 2.54. The van der Waals surface area contributed by atoms with Crippen LogP contribution in [0.3, 0.4) is 0 Å². The van der Waals surface area contributed by atoms with E-state index in [9.17, 15) is 0 Å². The number of nitrogens with one attached hydrogen (secondary N) is 1. The van der Waals surface area contributed by atoms with Crippen molar-refractivity contribution in [3.63, 3.8) is 0 Å². The number of methoxy groups -OCH3 is 2. The first-order valence-corrected chi connectivity index (χ1v) is 8.13. The van der Waals surface area contributed by atoms with E-state index in [4.69, 9.17) is 9.47 Å². The summed E-state index contributed by atoms with van der Waals surface area (Å²) in [6.07, 6.45) is 0. The summed E-state index contributed by atoms with van der Waals surface area (Å²) in [5.74, 6) is 0. The summed E-state index contributed by atoms with van der Waals surface area (Å²) < 4.78 is 11.4. The van der Waals surface area contributed by atoms with Gasteiger partial charge in [-0.2, -0.15) is 0 Å². The standard InChI is InChI=1S/C16H27BrN2O2/c1-13(2)19(8-10-21-4)16-6-5-15(17)11-14(16)12-18-7-9-20-3/h5-6,11,13,18H,7-10,12H2,1-4H3. The van der Waals surface area contributed by atoms with Gasteiger partial charge >= 0.3 is 0 Å². The van der Waals surface area contributed by atoms with Gasteiger partial charge in [-0.1, -0.05) is 15.9 Å². The summed E-state index contributed by atoms with van der Waals surface area (Å²) in [7, 11) is 3.46. The zero-order chi connectivity index (χ0) is 15.7. The first-order chi connectivity index (χ1) is 10.1. The summed E-state index contributed by atoms with van der Waals surface area (Å²) in [5, 5.41) is 3.42. The molecule has 0 aliphatic heterocycles. The van der Waals surface area contributed by atoms with Gasteiger partial charge in [0.1, 0.15) is 0 Å². The Balaban J connectivity index is 2.86. The number of halogens is 1. The second kappa shape index (κ2) is 10.2. The van der Waals surface area contributed by atoms with Crippen LogP contribution in [0.1, 0.15) is 19.4 Å². The van der Waals surface area contributed by atoms with Crippen molar-refractivity contribution in [3.8, 4) is 0 Å². The van der Waals surface area contributed by atoms with E-state index < -0.39 is 0 Å². The van der Waals surface area contributed by atoms with Crippen LogP contribution in [0.4, 0.5) is 5.69 Å². The van der Waals surface area contributed by atoms with Crippen molar-refractivity contribution >= 4 is 21.6 Å². The molecule has 1 aromatic rings. The Morgan fingerprint density at radius 1 is 1.19 bits per heavy atom. The normalized spacial score (nSPS) is 11.1. The molecule has 0 unspecified atom stereocenters. The van der Waals surface area contributed by atoms with Gasteiger partial charge in [0.05, 0.1) is 13.2 Å². The van der Waals surface area contributed by atoms with Crippen molar-refractivity contribution in [2.45, 2.75) is 26.4 Å². The average Bonchev–Trinajstić information content (AvgIpc) is 2.45. The third kappa shape index (κ3) is 6.34.